The number of benzene rings is 1. The molecule has 0 bridgehead atoms. The Labute approximate surface area is 210 Å². The summed E-state index contributed by atoms with van der Waals surface area (Å²) in [6, 6.07) is 12.9. The van der Waals surface area contributed by atoms with Crippen LogP contribution in [0.15, 0.2) is 59.9 Å². The van der Waals surface area contributed by atoms with Gasteiger partial charge in [-0.2, -0.15) is 5.10 Å². The van der Waals surface area contributed by atoms with E-state index in [1.165, 1.54) is 6.07 Å². The molecule has 4 rings (SSSR count). The molecule has 0 amide bonds. The Bertz CT molecular complexity index is 1060. The summed E-state index contributed by atoms with van der Waals surface area (Å²) in [6.07, 6.45) is 4.42. The quantitative estimate of drug-likeness (QED) is 0.260. The number of anilines is 1. The molecule has 1 atom stereocenters. The third-order valence-corrected chi connectivity index (χ3v) is 5.29. The van der Waals surface area contributed by atoms with Crippen molar-refractivity contribution < 1.29 is 9.13 Å². The average molecular weight is 565 g/mol. The van der Waals surface area contributed by atoms with Crippen molar-refractivity contribution in [1.82, 2.24) is 25.4 Å². The predicted molar refractivity (Wildman–Crippen MR) is 138 cm³/mol. The summed E-state index contributed by atoms with van der Waals surface area (Å²) >= 11 is 0. The van der Waals surface area contributed by atoms with Gasteiger partial charge in [0.2, 0.25) is 0 Å². The molecule has 1 aliphatic heterocycles. The van der Waals surface area contributed by atoms with Gasteiger partial charge in [0, 0.05) is 38.1 Å². The maximum atomic E-state index is 14.0. The first kappa shape index (κ1) is 24.7. The highest BCUT2D eigenvalue weighted by Crippen LogP contribution is 2.20. The Morgan fingerprint density at radius 3 is 2.79 bits per heavy atom. The molecule has 0 radical (unpaired) electrons. The normalized spacial score (nSPS) is 15.8. The molecule has 1 unspecified atom stereocenters. The number of aromatic nitrogens is 3. The minimum absolute atomic E-state index is 0. The van der Waals surface area contributed by atoms with Crippen LogP contribution in [0.2, 0.25) is 0 Å². The molecule has 176 valence electrons. The zero-order chi connectivity index (χ0) is 22.3. The molecule has 33 heavy (non-hydrogen) atoms. The first-order chi connectivity index (χ1) is 15.7. The summed E-state index contributed by atoms with van der Waals surface area (Å²) in [4.78, 5) is 10.8. The van der Waals surface area contributed by atoms with Gasteiger partial charge in [-0.3, -0.25) is 0 Å². The topological polar surface area (TPSA) is 79.6 Å². The van der Waals surface area contributed by atoms with Crippen molar-refractivity contribution in [2.45, 2.75) is 25.9 Å². The Morgan fingerprint density at radius 2 is 2.06 bits per heavy atom. The van der Waals surface area contributed by atoms with E-state index in [2.05, 4.69) is 25.7 Å². The van der Waals surface area contributed by atoms with Crippen LogP contribution >= 0.6 is 24.0 Å². The van der Waals surface area contributed by atoms with Crippen molar-refractivity contribution in [3.05, 3.63) is 66.4 Å². The molecule has 1 aliphatic rings. The molecular formula is C23H29FIN7O. The lowest BCUT2D eigenvalue weighted by molar-refractivity contribution is 0.414. The lowest BCUT2D eigenvalue weighted by Gasteiger charge is -2.19. The number of hydrogen-bond acceptors (Lipinski definition) is 5. The molecule has 0 spiro atoms. The average Bonchev–Trinajstić information content (AvgIpc) is 3.48. The number of hydrogen-bond donors (Lipinski definition) is 2. The number of pyridine rings is 1. The summed E-state index contributed by atoms with van der Waals surface area (Å²) < 4.78 is 21.1. The Kier molecular flexibility index (Phi) is 8.87. The number of nitrogens with zero attached hydrogens (tertiary/aromatic N) is 5. The zero-order valence-corrected chi connectivity index (χ0v) is 21.1. The molecular weight excluding hydrogens is 536 g/mol. The zero-order valence-electron chi connectivity index (χ0n) is 18.7. The molecule has 0 aliphatic carbocycles. The maximum absolute atomic E-state index is 14.0. The predicted octanol–water partition coefficient (Wildman–Crippen LogP) is 3.37. The van der Waals surface area contributed by atoms with Gasteiger partial charge in [-0.1, -0.05) is 0 Å². The maximum Gasteiger partial charge on any atom is 0.191 e. The molecule has 0 saturated carbocycles. The fraction of sp³-hybridized carbons (Fsp3) is 0.348. The Balaban J connectivity index is 0.00000306. The molecule has 1 fully saturated rings. The van der Waals surface area contributed by atoms with Gasteiger partial charge < -0.3 is 20.3 Å². The van der Waals surface area contributed by atoms with Crippen LogP contribution in [0, 0.1) is 5.82 Å². The molecule has 2 aromatic heterocycles. The second-order valence-corrected chi connectivity index (χ2v) is 7.53. The van der Waals surface area contributed by atoms with Gasteiger partial charge in [-0.15, -0.1) is 24.0 Å². The van der Waals surface area contributed by atoms with Gasteiger partial charge in [0.25, 0.3) is 0 Å². The molecule has 1 aromatic carbocycles. The van der Waals surface area contributed by atoms with Crippen LogP contribution in [-0.4, -0.2) is 53.5 Å². The van der Waals surface area contributed by atoms with E-state index in [0.717, 1.165) is 42.6 Å². The summed E-state index contributed by atoms with van der Waals surface area (Å²) in [6.45, 7) is 4.64. The van der Waals surface area contributed by atoms with Crippen molar-refractivity contribution in [2.24, 2.45) is 4.99 Å². The van der Waals surface area contributed by atoms with Gasteiger partial charge in [0.05, 0.1) is 25.0 Å². The van der Waals surface area contributed by atoms with Crippen LogP contribution in [0.4, 0.5) is 10.2 Å². The second-order valence-electron chi connectivity index (χ2n) is 7.53. The molecule has 8 nitrogen and oxygen atoms in total. The smallest absolute Gasteiger partial charge is 0.191 e. The number of halogens is 2. The van der Waals surface area contributed by atoms with E-state index in [4.69, 9.17) is 4.74 Å². The van der Waals surface area contributed by atoms with Crippen LogP contribution in [0.5, 0.6) is 5.75 Å². The van der Waals surface area contributed by atoms with Gasteiger partial charge >= 0.3 is 0 Å². The highest BCUT2D eigenvalue weighted by Gasteiger charge is 2.25. The van der Waals surface area contributed by atoms with E-state index in [1.54, 1.807) is 19.4 Å². The highest BCUT2D eigenvalue weighted by molar-refractivity contribution is 14.0. The van der Waals surface area contributed by atoms with Crippen molar-refractivity contribution >= 4 is 35.8 Å². The van der Waals surface area contributed by atoms with Crippen molar-refractivity contribution in [1.29, 1.82) is 0 Å². The third-order valence-electron chi connectivity index (χ3n) is 5.29. The lowest BCUT2D eigenvalue weighted by atomic mass is 10.3. The van der Waals surface area contributed by atoms with Gasteiger partial charge in [0.1, 0.15) is 5.75 Å². The lowest BCUT2D eigenvalue weighted by Crippen LogP contribution is -2.44. The molecule has 10 heteroatoms. The largest absolute Gasteiger partial charge is 0.497 e. The van der Waals surface area contributed by atoms with Crippen molar-refractivity contribution in [3.63, 3.8) is 0 Å². The molecule has 1 saturated heterocycles. The molecule has 2 N–H and O–H groups in total. The van der Waals surface area contributed by atoms with E-state index in [9.17, 15) is 4.39 Å². The number of methoxy groups -OCH3 is 1. The van der Waals surface area contributed by atoms with Crippen LogP contribution < -0.4 is 20.3 Å². The van der Waals surface area contributed by atoms with E-state index < -0.39 is 0 Å². The van der Waals surface area contributed by atoms with Gasteiger partial charge in [-0.05, 0) is 55.8 Å². The van der Waals surface area contributed by atoms with Crippen LogP contribution in [-0.2, 0) is 6.54 Å². The monoisotopic (exact) mass is 565 g/mol. The number of nitrogens with one attached hydrogen (secondary N) is 2. The van der Waals surface area contributed by atoms with E-state index in [-0.39, 0.29) is 35.8 Å². The highest BCUT2D eigenvalue weighted by atomic mass is 127. The first-order valence-electron chi connectivity index (χ1n) is 10.8. The van der Waals surface area contributed by atoms with Crippen LogP contribution in [0.3, 0.4) is 0 Å². The third kappa shape index (κ3) is 6.34. The summed E-state index contributed by atoms with van der Waals surface area (Å²) in [7, 11) is 1.65. The summed E-state index contributed by atoms with van der Waals surface area (Å²) in [5.74, 6) is 1.65. The fourth-order valence-corrected chi connectivity index (χ4v) is 3.68. The molecule has 3 heterocycles. The van der Waals surface area contributed by atoms with Gasteiger partial charge in [-0.25, -0.2) is 19.0 Å². The number of ether oxygens (including phenoxy) is 1. The van der Waals surface area contributed by atoms with Gasteiger partial charge in [0.15, 0.2) is 17.6 Å². The minimum Gasteiger partial charge on any atom is -0.497 e. The summed E-state index contributed by atoms with van der Waals surface area (Å²) in [5.41, 5.74) is 1.82. The number of guanidine groups is 1. The van der Waals surface area contributed by atoms with Crippen molar-refractivity contribution in [3.8, 4) is 11.4 Å². The first-order valence-corrected chi connectivity index (χ1v) is 10.8. The number of rotatable bonds is 7. The standard InChI is InChI=1S/C23H28FN7O.HI/c1-3-25-23(28-18-10-13-30(16-18)22-21(24)5-4-12-26-22)27-15-17-11-14-31(29-17)19-6-8-20(32-2)9-7-19;/h4-9,11-12,14,18H,3,10,13,15-16H2,1-2H3,(H2,25,27,28);1H. The molecule has 3 aromatic rings. The summed E-state index contributed by atoms with van der Waals surface area (Å²) in [5, 5.41) is 11.4. The minimum atomic E-state index is -0.291. The second kappa shape index (κ2) is 11.8. The number of aliphatic imine (C=N–C) groups is 1. The van der Waals surface area contributed by atoms with E-state index >= 15 is 0 Å². The van der Waals surface area contributed by atoms with E-state index in [0.29, 0.717) is 18.9 Å². The Morgan fingerprint density at radius 1 is 1.24 bits per heavy atom. The van der Waals surface area contributed by atoms with E-state index in [1.807, 2.05) is 53.0 Å². The Hall–Kier alpha value is -2.89. The van der Waals surface area contributed by atoms with Crippen LogP contribution in [0.25, 0.3) is 5.69 Å². The fourth-order valence-electron chi connectivity index (χ4n) is 3.68. The SMILES string of the molecule is CCNC(=NCc1ccn(-c2ccc(OC)cc2)n1)NC1CCN(c2ncccc2F)C1.I. The van der Waals surface area contributed by atoms with Crippen LogP contribution in [0.1, 0.15) is 19.0 Å². The van der Waals surface area contributed by atoms with Crippen molar-refractivity contribution in [2.75, 3.05) is 31.6 Å².